The van der Waals surface area contributed by atoms with Gasteiger partial charge >= 0.3 is 0 Å². The number of rotatable bonds is 8. The molecule has 4 aromatic rings. The third kappa shape index (κ3) is 5.44. The van der Waals surface area contributed by atoms with Gasteiger partial charge in [-0.15, -0.1) is 0 Å². The average molecular weight is 445 g/mol. The molecule has 5 nitrogen and oxygen atoms in total. The fraction of sp³-hybridized carbons (Fsp3) is 0.154. The van der Waals surface area contributed by atoms with Gasteiger partial charge in [0.15, 0.2) is 0 Å². The van der Waals surface area contributed by atoms with E-state index >= 15 is 0 Å². The first-order valence-corrected chi connectivity index (χ1v) is 10.9. The van der Waals surface area contributed by atoms with Gasteiger partial charge in [-0.25, -0.2) is 0 Å². The summed E-state index contributed by atoms with van der Waals surface area (Å²) >= 11 is 6.24. The smallest absolute Gasteiger partial charge is 0.246 e. The summed E-state index contributed by atoms with van der Waals surface area (Å²) < 4.78 is 1.89. The zero-order chi connectivity index (χ0) is 22.3. The minimum Gasteiger partial charge on any atom is -0.324 e. The molecular weight excluding hydrogens is 420 g/mol. The third-order valence-corrected chi connectivity index (χ3v) is 5.75. The van der Waals surface area contributed by atoms with Crippen molar-refractivity contribution in [2.45, 2.75) is 26.1 Å². The van der Waals surface area contributed by atoms with Crippen molar-refractivity contribution in [2.75, 3.05) is 5.32 Å². The second kappa shape index (κ2) is 10.3. The molecule has 1 unspecified atom stereocenters. The normalized spacial score (nSPS) is 11.8. The number of aryl methyl sites for hydroxylation is 1. The van der Waals surface area contributed by atoms with E-state index in [9.17, 15) is 4.79 Å². The summed E-state index contributed by atoms with van der Waals surface area (Å²) in [4.78, 5) is 13.2. The van der Waals surface area contributed by atoms with Gasteiger partial charge in [0.1, 0.15) is 6.04 Å². The Balaban J connectivity index is 1.53. The van der Waals surface area contributed by atoms with Crippen LogP contribution in [0, 0.1) is 6.92 Å². The molecule has 0 saturated carbocycles. The van der Waals surface area contributed by atoms with Crippen LogP contribution in [0.4, 0.5) is 5.69 Å². The summed E-state index contributed by atoms with van der Waals surface area (Å²) in [6.07, 6.45) is 3.71. The highest BCUT2D eigenvalue weighted by Crippen LogP contribution is 2.22. The van der Waals surface area contributed by atoms with Crippen LogP contribution < -0.4 is 10.6 Å². The predicted octanol–water partition coefficient (Wildman–Crippen LogP) is 5.36. The van der Waals surface area contributed by atoms with E-state index in [1.54, 1.807) is 12.3 Å². The Labute approximate surface area is 193 Å². The summed E-state index contributed by atoms with van der Waals surface area (Å²) in [7, 11) is 0. The van der Waals surface area contributed by atoms with E-state index in [1.165, 1.54) is 0 Å². The number of nitrogens with zero attached hydrogens (tertiary/aromatic N) is 2. The number of carbonyl (C=O) groups is 1. The van der Waals surface area contributed by atoms with E-state index in [-0.39, 0.29) is 5.91 Å². The van der Waals surface area contributed by atoms with Crippen LogP contribution in [0.15, 0.2) is 91.3 Å². The van der Waals surface area contributed by atoms with Crippen LogP contribution in [0.25, 0.3) is 0 Å². The van der Waals surface area contributed by atoms with Crippen molar-refractivity contribution in [2.24, 2.45) is 0 Å². The number of aromatic nitrogens is 2. The molecule has 1 heterocycles. The van der Waals surface area contributed by atoms with Gasteiger partial charge in [-0.2, -0.15) is 5.10 Å². The summed E-state index contributed by atoms with van der Waals surface area (Å²) in [5, 5.41) is 11.4. The van der Waals surface area contributed by atoms with Crippen LogP contribution in [0.1, 0.15) is 28.3 Å². The number of halogens is 1. The summed E-state index contributed by atoms with van der Waals surface area (Å²) in [6.45, 7) is 3.15. The fourth-order valence-electron chi connectivity index (χ4n) is 3.56. The second-order valence-corrected chi connectivity index (χ2v) is 8.06. The van der Waals surface area contributed by atoms with Crippen LogP contribution in [0.5, 0.6) is 0 Å². The lowest BCUT2D eigenvalue weighted by molar-refractivity contribution is -0.118. The van der Waals surface area contributed by atoms with Crippen LogP contribution in [0.2, 0.25) is 5.02 Å². The number of carbonyl (C=O) groups excluding carboxylic acids is 1. The van der Waals surface area contributed by atoms with Crippen molar-refractivity contribution in [1.29, 1.82) is 0 Å². The molecule has 0 fully saturated rings. The van der Waals surface area contributed by atoms with Crippen molar-refractivity contribution >= 4 is 23.2 Å². The van der Waals surface area contributed by atoms with Crippen molar-refractivity contribution in [3.63, 3.8) is 0 Å². The monoisotopic (exact) mass is 444 g/mol. The number of benzene rings is 3. The Bertz CT molecular complexity index is 1180. The highest BCUT2D eigenvalue weighted by atomic mass is 35.5. The summed E-state index contributed by atoms with van der Waals surface area (Å²) in [5.74, 6) is -0.138. The van der Waals surface area contributed by atoms with E-state index < -0.39 is 6.04 Å². The topological polar surface area (TPSA) is 59.0 Å². The number of hydrogen-bond donors (Lipinski definition) is 2. The molecular formula is C26H25ClN4O. The van der Waals surface area contributed by atoms with Gasteiger partial charge in [0, 0.05) is 29.6 Å². The molecule has 1 amide bonds. The third-order valence-electron chi connectivity index (χ3n) is 5.34. The highest BCUT2D eigenvalue weighted by Gasteiger charge is 2.21. The molecule has 0 spiro atoms. The zero-order valence-electron chi connectivity index (χ0n) is 17.8. The number of hydrogen-bond acceptors (Lipinski definition) is 3. The van der Waals surface area contributed by atoms with Crippen LogP contribution in [-0.4, -0.2) is 15.7 Å². The lowest BCUT2D eigenvalue weighted by Gasteiger charge is -2.20. The molecule has 32 heavy (non-hydrogen) atoms. The minimum atomic E-state index is -0.519. The van der Waals surface area contributed by atoms with E-state index in [0.29, 0.717) is 23.8 Å². The first-order chi connectivity index (χ1) is 15.6. The maximum atomic E-state index is 13.2. The van der Waals surface area contributed by atoms with E-state index in [4.69, 9.17) is 11.6 Å². The van der Waals surface area contributed by atoms with E-state index in [2.05, 4.69) is 27.9 Å². The molecule has 2 N–H and O–H groups in total. The van der Waals surface area contributed by atoms with Crippen molar-refractivity contribution < 1.29 is 4.79 Å². The standard InChI is InChI=1S/C26H25ClN4O/c1-19-12-13-23(16-24(19)27)30-26(32)25(20-8-3-2-4-9-20)28-17-21-10-5-6-11-22(21)18-31-15-7-14-29-31/h2-16,25,28H,17-18H2,1H3,(H,30,32). The van der Waals surface area contributed by atoms with Crippen molar-refractivity contribution in [1.82, 2.24) is 15.1 Å². The van der Waals surface area contributed by atoms with Gasteiger partial charge in [-0.05, 0) is 47.4 Å². The fourth-order valence-corrected chi connectivity index (χ4v) is 3.74. The van der Waals surface area contributed by atoms with Gasteiger partial charge < -0.3 is 5.32 Å². The zero-order valence-corrected chi connectivity index (χ0v) is 18.6. The Morgan fingerprint density at radius 3 is 2.47 bits per heavy atom. The number of nitrogens with one attached hydrogen (secondary N) is 2. The lowest BCUT2D eigenvalue weighted by atomic mass is 10.0. The number of amides is 1. The van der Waals surface area contributed by atoms with Gasteiger partial charge in [0.25, 0.3) is 0 Å². The Morgan fingerprint density at radius 2 is 1.75 bits per heavy atom. The Hall–Kier alpha value is -3.41. The molecule has 0 bridgehead atoms. The average Bonchev–Trinajstić information content (AvgIpc) is 3.31. The molecule has 1 aromatic heterocycles. The molecule has 3 aromatic carbocycles. The maximum absolute atomic E-state index is 13.2. The molecule has 4 rings (SSSR count). The van der Waals surface area contributed by atoms with Crippen molar-refractivity contribution in [3.05, 3.63) is 119 Å². The minimum absolute atomic E-state index is 0.138. The first-order valence-electron chi connectivity index (χ1n) is 10.5. The Morgan fingerprint density at radius 1 is 1.00 bits per heavy atom. The predicted molar refractivity (Wildman–Crippen MR) is 129 cm³/mol. The lowest BCUT2D eigenvalue weighted by Crippen LogP contribution is -2.33. The summed E-state index contributed by atoms with van der Waals surface area (Å²) in [6, 6.07) is 24.8. The van der Waals surface area contributed by atoms with E-state index in [1.807, 2.05) is 78.5 Å². The summed E-state index contributed by atoms with van der Waals surface area (Å²) in [5.41, 5.74) is 4.81. The van der Waals surface area contributed by atoms with Gasteiger partial charge in [0.05, 0.1) is 6.54 Å². The SMILES string of the molecule is Cc1ccc(NC(=O)C(NCc2ccccc2Cn2cccn2)c2ccccc2)cc1Cl. The maximum Gasteiger partial charge on any atom is 0.246 e. The molecule has 1 atom stereocenters. The van der Waals surface area contributed by atoms with Gasteiger partial charge in [0.2, 0.25) is 5.91 Å². The van der Waals surface area contributed by atoms with Gasteiger partial charge in [-0.1, -0.05) is 72.3 Å². The second-order valence-electron chi connectivity index (χ2n) is 7.65. The first kappa shape index (κ1) is 21.8. The van der Waals surface area contributed by atoms with E-state index in [0.717, 1.165) is 22.3 Å². The molecule has 0 aliphatic rings. The van der Waals surface area contributed by atoms with Crippen LogP contribution in [-0.2, 0) is 17.9 Å². The van der Waals surface area contributed by atoms with Gasteiger partial charge in [-0.3, -0.25) is 14.8 Å². The number of anilines is 1. The van der Waals surface area contributed by atoms with Crippen LogP contribution in [0.3, 0.4) is 0 Å². The van der Waals surface area contributed by atoms with Crippen molar-refractivity contribution in [3.8, 4) is 0 Å². The molecule has 162 valence electrons. The Kier molecular flexibility index (Phi) is 7.00. The molecule has 0 radical (unpaired) electrons. The van der Waals surface area contributed by atoms with Crippen LogP contribution >= 0.6 is 11.6 Å². The largest absolute Gasteiger partial charge is 0.324 e. The highest BCUT2D eigenvalue weighted by molar-refractivity contribution is 6.31. The molecule has 0 aliphatic heterocycles. The molecule has 0 saturated heterocycles. The quantitative estimate of drug-likeness (QED) is 0.384. The molecule has 0 aliphatic carbocycles. The molecule has 6 heteroatoms.